The van der Waals surface area contributed by atoms with Crippen LogP contribution >= 0.6 is 0 Å². The Morgan fingerprint density at radius 3 is 2.60 bits per heavy atom. The lowest BCUT2D eigenvalue weighted by molar-refractivity contribution is 0.251. The summed E-state index contributed by atoms with van der Waals surface area (Å²) in [6.45, 7) is 2.52. The Morgan fingerprint density at radius 1 is 0.829 bits per heavy atom. The van der Waals surface area contributed by atoms with E-state index in [1.807, 2.05) is 6.20 Å². The van der Waals surface area contributed by atoms with Crippen molar-refractivity contribution in [1.29, 1.82) is 0 Å². The summed E-state index contributed by atoms with van der Waals surface area (Å²) in [7, 11) is 0. The molecule has 0 saturated heterocycles. The fourth-order valence-corrected chi connectivity index (χ4v) is 7.08. The van der Waals surface area contributed by atoms with E-state index in [2.05, 4.69) is 42.2 Å². The number of aryl methyl sites for hydroxylation is 1. The molecule has 0 aliphatic heterocycles. The lowest BCUT2D eigenvalue weighted by atomic mass is 9.74. The van der Waals surface area contributed by atoms with E-state index in [1.165, 1.54) is 106 Å². The lowest BCUT2D eigenvalue weighted by Gasteiger charge is -2.32. The zero-order valence-corrected chi connectivity index (χ0v) is 21.5. The molecule has 1 aromatic carbocycles. The number of para-hydroxylation sites is 1. The van der Waals surface area contributed by atoms with Crippen LogP contribution in [0.2, 0.25) is 0 Å². The molecule has 2 fully saturated rings. The molecule has 2 aromatic heterocycles. The molecule has 3 atom stereocenters. The van der Waals surface area contributed by atoms with E-state index in [-0.39, 0.29) is 0 Å². The molecule has 35 heavy (non-hydrogen) atoms. The van der Waals surface area contributed by atoms with Gasteiger partial charge in [-0.25, -0.2) is 9.97 Å². The fraction of sp³-hybridized carbons (Fsp3) is 0.594. The molecule has 3 aliphatic carbocycles. The van der Waals surface area contributed by atoms with Crippen LogP contribution in [0.5, 0.6) is 0 Å². The molecule has 3 aromatic rings. The maximum absolute atomic E-state index is 5.46. The summed E-state index contributed by atoms with van der Waals surface area (Å²) in [6.07, 6.45) is 20.6. The van der Waals surface area contributed by atoms with Crippen molar-refractivity contribution < 1.29 is 0 Å². The predicted molar refractivity (Wildman–Crippen MR) is 144 cm³/mol. The van der Waals surface area contributed by atoms with Gasteiger partial charge in [0.25, 0.3) is 0 Å². The largest absolute Gasteiger partial charge is 0.256 e. The van der Waals surface area contributed by atoms with Crippen molar-refractivity contribution in [2.24, 2.45) is 17.8 Å². The van der Waals surface area contributed by atoms with Crippen molar-refractivity contribution >= 4 is 10.9 Å². The van der Waals surface area contributed by atoms with Crippen LogP contribution < -0.4 is 0 Å². The molecule has 3 nitrogen and oxygen atoms in total. The molecule has 0 amide bonds. The van der Waals surface area contributed by atoms with Crippen molar-refractivity contribution in [3.8, 4) is 11.4 Å². The summed E-state index contributed by atoms with van der Waals surface area (Å²) in [5.41, 5.74) is 6.49. The topological polar surface area (TPSA) is 38.7 Å². The minimum atomic E-state index is 0.593. The zero-order chi connectivity index (χ0) is 23.6. The Bertz CT molecular complexity index is 1160. The minimum absolute atomic E-state index is 0.593. The predicted octanol–water partition coefficient (Wildman–Crippen LogP) is 8.45. The average Bonchev–Trinajstić information content (AvgIpc) is 2.83. The van der Waals surface area contributed by atoms with Crippen LogP contribution in [0.15, 0.2) is 36.5 Å². The van der Waals surface area contributed by atoms with Gasteiger partial charge in [0.2, 0.25) is 0 Å². The maximum Gasteiger partial charge on any atom is 0.160 e. The first kappa shape index (κ1) is 23.1. The number of hydrogen-bond acceptors (Lipinski definition) is 3. The minimum Gasteiger partial charge on any atom is -0.256 e. The highest BCUT2D eigenvalue weighted by Crippen LogP contribution is 2.41. The summed E-state index contributed by atoms with van der Waals surface area (Å²) in [5.74, 6) is 4.21. The van der Waals surface area contributed by atoms with Gasteiger partial charge in [0.05, 0.1) is 11.2 Å². The highest BCUT2D eigenvalue weighted by Gasteiger charge is 2.29. The first-order valence-electron chi connectivity index (χ1n) is 14.5. The van der Waals surface area contributed by atoms with Gasteiger partial charge in [-0.1, -0.05) is 70.1 Å². The highest BCUT2D eigenvalue weighted by molar-refractivity contribution is 5.92. The molecule has 3 aliphatic rings. The Kier molecular flexibility index (Phi) is 6.85. The number of rotatable bonds is 4. The molecule has 6 rings (SSSR count). The third-order valence-electron chi connectivity index (χ3n) is 9.57. The fourth-order valence-electron chi connectivity index (χ4n) is 7.08. The number of hydrogen-bond donors (Lipinski definition) is 0. The smallest absolute Gasteiger partial charge is 0.160 e. The molecular weight excluding hydrogens is 426 g/mol. The normalized spacial score (nSPS) is 25.5. The maximum atomic E-state index is 5.46. The Morgan fingerprint density at radius 2 is 1.71 bits per heavy atom. The van der Waals surface area contributed by atoms with Gasteiger partial charge in [0.1, 0.15) is 0 Å². The van der Waals surface area contributed by atoms with Crippen LogP contribution in [0.25, 0.3) is 22.3 Å². The Labute approximate surface area is 211 Å². The second kappa shape index (κ2) is 10.4. The molecule has 2 heterocycles. The monoisotopic (exact) mass is 467 g/mol. The first-order valence-corrected chi connectivity index (χ1v) is 14.5. The molecule has 3 heteroatoms. The van der Waals surface area contributed by atoms with Gasteiger partial charge in [-0.2, -0.15) is 0 Å². The van der Waals surface area contributed by atoms with E-state index in [1.54, 1.807) is 0 Å². The highest BCUT2D eigenvalue weighted by atomic mass is 14.9. The van der Waals surface area contributed by atoms with E-state index >= 15 is 0 Å². The third-order valence-corrected chi connectivity index (χ3v) is 9.57. The van der Waals surface area contributed by atoms with E-state index in [4.69, 9.17) is 9.97 Å². The third kappa shape index (κ3) is 4.88. The molecule has 0 radical (unpaired) electrons. The summed E-state index contributed by atoms with van der Waals surface area (Å²) in [4.78, 5) is 15.4. The van der Waals surface area contributed by atoms with Gasteiger partial charge < -0.3 is 0 Å². The van der Waals surface area contributed by atoms with Gasteiger partial charge in [-0.05, 0) is 80.4 Å². The van der Waals surface area contributed by atoms with Crippen LogP contribution in [0.4, 0.5) is 0 Å². The lowest BCUT2D eigenvalue weighted by Crippen LogP contribution is -2.21. The molecule has 0 N–H and O–H groups in total. The van der Waals surface area contributed by atoms with Crippen LogP contribution in [-0.2, 0) is 12.8 Å². The van der Waals surface area contributed by atoms with Crippen molar-refractivity contribution in [3.05, 3.63) is 53.5 Å². The Hall–Kier alpha value is -2.29. The van der Waals surface area contributed by atoms with Crippen molar-refractivity contribution in [2.45, 2.75) is 103 Å². The first-order chi connectivity index (χ1) is 17.3. The van der Waals surface area contributed by atoms with Crippen molar-refractivity contribution in [1.82, 2.24) is 15.0 Å². The second-order valence-electron chi connectivity index (χ2n) is 11.8. The quantitative estimate of drug-likeness (QED) is 0.386. The van der Waals surface area contributed by atoms with Crippen LogP contribution in [0.1, 0.15) is 107 Å². The van der Waals surface area contributed by atoms with E-state index in [0.717, 1.165) is 41.1 Å². The second-order valence-corrected chi connectivity index (χ2v) is 11.8. The van der Waals surface area contributed by atoms with E-state index in [0.29, 0.717) is 5.92 Å². The van der Waals surface area contributed by atoms with Gasteiger partial charge in [-0.3, -0.25) is 4.98 Å². The summed E-state index contributed by atoms with van der Waals surface area (Å²) < 4.78 is 0. The molecule has 184 valence electrons. The standard InChI is InChI=1S/C32H41N3/c1-22-8-6-14-28-30(19-16-23-9-7-10-23)34-32(27-20-21-33-29-15-5-4-13-26(27)29)35-31(28)25-12-3-2-11-24(22)17-18-25/h4-5,13,15,20-25H,2-3,6-12,14,16-19H2,1H3. The van der Waals surface area contributed by atoms with Crippen LogP contribution in [-0.4, -0.2) is 15.0 Å². The average molecular weight is 468 g/mol. The molecule has 2 bridgehead atoms. The zero-order valence-electron chi connectivity index (χ0n) is 21.5. The number of nitrogens with zero attached hydrogens (tertiary/aromatic N) is 3. The van der Waals surface area contributed by atoms with Crippen molar-refractivity contribution in [3.63, 3.8) is 0 Å². The van der Waals surface area contributed by atoms with Crippen LogP contribution in [0, 0.1) is 17.8 Å². The number of benzene rings is 1. The van der Waals surface area contributed by atoms with E-state index in [9.17, 15) is 0 Å². The summed E-state index contributed by atoms with van der Waals surface area (Å²) >= 11 is 0. The summed E-state index contributed by atoms with van der Waals surface area (Å²) in [5, 5.41) is 1.17. The van der Waals surface area contributed by atoms with Crippen LogP contribution in [0.3, 0.4) is 0 Å². The Balaban J connectivity index is 1.47. The van der Waals surface area contributed by atoms with Crippen molar-refractivity contribution in [2.75, 3.05) is 0 Å². The molecule has 3 unspecified atom stereocenters. The summed E-state index contributed by atoms with van der Waals surface area (Å²) in [6, 6.07) is 10.6. The molecule has 2 saturated carbocycles. The SMILES string of the molecule is CC1CCCc2c(CCC3CCC3)nc(-c3ccnc4ccccc34)nc2C2CCCCC1CC2. The molecular formula is C32H41N3. The van der Waals surface area contributed by atoms with Gasteiger partial charge in [0, 0.05) is 28.8 Å². The molecule has 0 spiro atoms. The van der Waals surface area contributed by atoms with E-state index < -0.39 is 0 Å². The number of fused-ring (bicyclic) bond motifs is 6. The van der Waals surface area contributed by atoms with Gasteiger partial charge in [0.15, 0.2) is 5.82 Å². The number of pyridine rings is 1. The number of aromatic nitrogens is 3. The van der Waals surface area contributed by atoms with Gasteiger partial charge >= 0.3 is 0 Å². The van der Waals surface area contributed by atoms with Gasteiger partial charge in [-0.15, -0.1) is 0 Å².